The van der Waals surface area contributed by atoms with E-state index in [9.17, 15) is 8.94 Å². The second-order valence-electron chi connectivity index (χ2n) is 5.80. The van der Waals surface area contributed by atoms with Crippen molar-refractivity contribution in [2.75, 3.05) is 29.5 Å². The molecule has 25 heavy (non-hydrogen) atoms. The summed E-state index contributed by atoms with van der Waals surface area (Å²) in [5.74, 6) is 1.12. The highest BCUT2D eigenvalue weighted by molar-refractivity contribution is 7.91. The van der Waals surface area contributed by atoms with Crippen molar-refractivity contribution in [1.29, 1.82) is 0 Å². The third-order valence-corrected chi connectivity index (χ3v) is 6.52. The maximum atomic E-state index is 13.3. The average Bonchev–Trinajstić information content (AvgIpc) is 3.13. The molecule has 1 aliphatic rings. The van der Waals surface area contributed by atoms with Gasteiger partial charge >= 0.3 is 0 Å². The van der Waals surface area contributed by atoms with Gasteiger partial charge in [-0.25, -0.2) is 9.37 Å². The highest BCUT2D eigenvalue weighted by Gasteiger charge is 2.19. The number of aromatic nitrogens is 2. The van der Waals surface area contributed by atoms with E-state index in [4.69, 9.17) is 0 Å². The van der Waals surface area contributed by atoms with Gasteiger partial charge < -0.3 is 9.45 Å². The molecule has 128 valence electrons. The predicted octanol–water partition coefficient (Wildman–Crippen LogP) is 3.58. The normalized spacial score (nSPS) is 15.5. The number of hydrogen-bond acceptors (Lipinski definition) is 5. The lowest BCUT2D eigenvalue weighted by molar-refractivity contribution is 0.586. The Morgan fingerprint density at radius 1 is 1.04 bits per heavy atom. The fourth-order valence-electron chi connectivity index (χ4n) is 2.80. The van der Waals surface area contributed by atoms with Crippen molar-refractivity contribution >= 4 is 28.2 Å². The van der Waals surface area contributed by atoms with Crippen LogP contribution < -0.4 is 4.90 Å². The fraction of sp³-hybridized carbons (Fsp3) is 0.222. The van der Waals surface area contributed by atoms with Crippen molar-refractivity contribution in [1.82, 2.24) is 9.97 Å². The van der Waals surface area contributed by atoms with Crippen LogP contribution in [0.25, 0.3) is 21.0 Å². The number of hydrogen-bond donors (Lipinski definition) is 0. The summed E-state index contributed by atoms with van der Waals surface area (Å²) in [5.41, 5.74) is 2.92. The molecule has 1 fully saturated rings. The molecule has 3 heterocycles. The lowest BCUT2D eigenvalue weighted by Gasteiger charge is -2.29. The lowest BCUT2D eigenvalue weighted by atomic mass is 10.2. The first-order valence-electron chi connectivity index (χ1n) is 7.96. The SMILES string of the molecule is [O-][S+]1CCN(c2ccc(-c3cnc(-c4cncc(F)c4)s3)cc2)CC1. The third-order valence-electron chi connectivity index (χ3n) is 4.15. The maximum Gasteiger partial charge on any atom is 0.142 e. The van der Waals surface area contributed by atoms with Crippen LogP contribution in [-0.4, -0.2) is 39.1 Å². The van der Waals surface area contributed by atoms with Crippen molar-refractivity contribution in [3.05, 3.63) is 54.7 Å². The zero-order chi connectivity index (χ0) is 17.2. The summed E-state index contributed by atoms with van der Waals surface area (Å²) in [7, 11) is 0. The van der Waals surface area contributed by atoms with E-state index in [2.05, 4.69) is 39.1 Å². The van der Waals surface area contributed by atoms with Gasteiger partial charge in [0.1, 0.15) is 22.3 Å². The number of anilines is 1. The number of pyridine rings is 1. The molecule has 0 saturated carbocycles. The van der Waals surface area contributed by atoms with E-state index in [1.54, 1.807) is 6.20 Å². The van der Waals surface area contributed by atoms with Gasteiger partial charge in [-0.15, -0.1) is 11.3 Å². The van der Waals surface area contributed by atoms with Crippen LogP contribution in [0.3, 0.4) is 0 Å². The highest BCUT2D eigenvalue weighted by atomic mass is 32.2. The molecule has 0 spiro atoms. The van der Waals surface area contributed by atoms with Crippen molar-refractivity contribution in [3.8, 4) is 21.0 Å². The molecule has 2 aromatic heterocycles. The Morgan fingerprint density at radius 3 is 2.52 bits per heavy atom. The number of nitrogens with zero attached hydrogens (tertiary/aromatic N) is 3. The molecule has 4 rings (SSSR count). The molecule has 0 bridgehead atoms. The molecule has 1 saturated heterocycles. The maximum absolute atomic E-state index is 13.3. The van der Waals surface area contributed by atoms with E-state index in [0.717, 1.165) is 45.7 Å². The van der Waals surface area contributed by atoms with Crippen LogP contribution >= 0.6 is 11.3 Å². The molecular formula is C18H16FN3OS2. The van der Waals surface area contributed by atoms with Crippen molar-refractivity contribution in [3.63, 3.8) is 0 Å². The summed E-state index contributed by atoms with van der Waals surface area (Å²) in [6.07, 6.45) is 4.62. The molecule has 0 radical (unpaired) electrons. The molecule has 1 aromatic carbocycles. The second kappa shape index (κ2) is 7.11. The Morgan fingerprint density at radius 2 is 1.80 bits per heavy atom. The lowest BCUT2D eigenvalue weighted by Crippen LogP contribution is -2.40. The average molecular weight is 373 g/mol. The minimum atomic E-state index is -0.666. The van der Waals surface area contributed by atoms with Crippen LogP contribution in [0.15, 0.2) is 48.9 Å². The molecular weight excluding hydrogens is 357 g/mol. The summed E-state index contributed by atoms with van der Waals surface area (Å²) in [5, 5.41) is 0.754. The van der Waals surface area contributed by atoms with Gasteiger partial charge in [0.25, 0.3) is 0 Å². The predicted molar refractivity (Wildman–Crippen MR) is 101 cm³/mol. The monoisotopic (exact) mass is 373 g/mol. The van der Waals surface area contributed by atoms with Gasteiger partial charge in [-0.1, -0.05) is 23.3 Å². The van der Waals surface area contributed by atoms with Crippen LogP contribution in [0, 0.1) is 5.82 Å². The van der Waals surface area contributed by atoms with Gasteiger partial charge in [0.2, 0.25) is 0 Å². The Labute approximate surface area is 152 Å². The number of benzene rings is 1. The van der Waals surface area contributed by atoms with Gasteiger partial charge in [-0.3, -0.25) is 4.98 Å². The largest absolute Gasteiger partial charge is 0.616 e. The van der Waals surface area contributed by atoms with E-state index in [1.807, 2.05) is 6.20 Å². The molecule has 0 aliphatic carbocycles. The van der Waals surface area contributed by atoms with Gasteiger partial charge in [0, 0.05) is 23.6 Å². The smallest absolute Gasteiger partial charge is 0.142 e. The zero-order valence-electron chi connectivity index (χ0n) is 13.4. The molecule has 0 atom stereocenters. The molecule has 0 unspecified atom stereocenters. The summed E-state index contributed by atoms with van der Waals surface area (Å²) in [6.45, 7) is 1.67. The topological polar surface area (TPSA) is 52.1 Å². The quantitative estimate of drug-likeness (QED) is 0.659. The van der Waals surface area contributed by atoms with Gasteiger partial charge in [0.05, 0.1) is 24.2 Å². The first-order valence-corrected chi connectivity index (χ1v) is 10.3. The first-order chi connectivity index (χ1) is 12.2. The number of thiazole rings is 1. The van der Waals surface area contributed by atoms with Crippen molar-refractivity contribution in [2.45, 2.75) is 0 Å². The second-order valence-corrected chi connectivity index (χ2v) is 8.53. The summed E-state index contributed by atoms with van der Waals surface area (Å²) in [6, 6.07) is 9.77. The third kappa shape index (κ3) is 3.68. The van der Waals surface area contributed by atoms with E-state index in [1.165, 1.54) is 23.6 Å². The van der Waals surface area contributed by atoms with E-state index in [0.29, 0.717) is 5.56 Å². The molecule has 4 nitrogen and oxygen atoms in total. The van der Waals surface area contributed by atoms with E-state index < -0.39 is 11.2 Å². The minimum absolute atomic E-state index is 0.360. The van der Waals surface area contributed by atoms with Crippen molar-refractivity contribution < 1.29 is 8.94 Å². The Kier molecular flexibility index (Phi) is 4.70. The minimum Gasteiger partial charge on any atom is -0.616 e. The standard InChI is InChI=1S/C18H16FN3OS2/c19-15-9-14(10-20-11-15)18-21-12-17(24-18)13-1-3-16(4-2-13)22-5-7-25(23)8-6-22/h1-4,9-12H,5-8H2. The zero-order valence-corrected chi connectivity index (χ0v) is 15.0. The summed E-state index contributed by atoms with van der Waals surface area (Å²) < 4.78 is 24.8. The van der Waals surface area contributed by atoms with Crippen LogP contribution in [0.1, 0.15) is 0 Å². The van der Waals surface area contributed by atoms with E-state index in [-0.39, 0.29) is 5.82 Å². The first kappa shape index (κ1) is 16.5. The van der Waals surface area contributed by atoms with Crippen LogP contribution in [0.5, 0.6) is 0 Å². The molecule has 1 aliphatic heterocycles. The van der Waals surface area contributed by atoms with Gasteiger partial charge in [0.15, 0.2) is 0 Å². The Bertz CT molecular complexity index is 861. The molecule has 7 heteroatoms. The van der Waals surface area contributed by atoms with Crippen LogP contribution in [-0.2, 0) is 11.2 Å². The van der Waals surface area contributed by atoms with Crippen LogP contribution in [0.2, 0.25) is 0 Å². The highest BCUT2D eigenvalue weighted by Crippen LogP contribution is 2.33. The summed E-state index contributed by atoms with van der Waals surface area (Å²) >= 11 is 0.852. The molecule has 0 amide bonds. The van der Waals surface area contributed by atoms with Crippen molar-refractivity contribution in [2.24, 2.45) is 0 Å². The van der Waals surface area contributed by atoms with Gasteiger partial charge in [-0.05, 0) is 23.8 Å². The fourth-order valence-corrected chi connectivity index (χ4v) is 4.76. The summed E-state index contributed by atoms with van der Waals surface area (Å²) in [4.78, 5) is 11.6. The van der Waals surface area contributed by atoms with E-state index >= 15 is 0 Å². The molecule has 0 N–H and O–H groups in total. The Hall–Kier alpha value is -1.96. The molecule has 3 aromatic rings. The number of halogens is 1. The number of rotatable bonds is 3. The Balaban J connectivity index is 1.53. The van der Waals surface area contributed by atoms with Gasteiger partial charge in [-0.2, -0.15) is 0 Å². The van der Waals surface area contributed by atoms with Crippen LogP contribution in [0.4, 0.5) is 10.1 Å².